The third-order valence-corrected chi connectivity index (χ3v) is 4.84. The first-order valence-corrected chi connectivity index (χ1v) is 10.3. The molecule has 0 bridgehead atoms. The van der Waals surface area contributed by atoms with Crippen LogP contribution in [0.2, 0.25) is 0 Å². The summed E-state index contributed by atoms with van der Waals surface area (Å²) in [7, 11) is 0. The van der Waals surface area contributed by atoms with Crippen LogP contribution in [-0.4, -0.2) is 41.1 Å². The molecule has 0 aliphatic rings. The van der Waals surface area contributed by atoms with Crippen molar-refractivity contribution in [2.24, 2.45) is 0 Å². The molecular weight excluding hydrogens is 394 g/mol. The number of nitrogens with zero attached hydrogens (tertiary/aromatic N) is 1. The number of ether oxygens (including phenoxy) is 1. The van der Waals surface area contributed by atoms with Gasteiger partial charge in [-0.15, -0.1) is 11.8 Å². The normalized spacial score (nSPS) is 11.6. The number of esters is 1. The van der Waals surface area contributed by atoms with Gasteiger partial charge in [-0.05, 0) is 25.8 Å². The van der Waals surface area contributed by atoms with Crippen LogP contribution < -0.4 is 10.6 Å². The van der Waals surface area contributed by atoms with Gasteiger partial charge in [0.15, 0.2) is 12.4 Å². The fourth-order valence-electron chi connectivity index (χ4n) is 2.47. The van der Waals surface area contributed by atoms with Crippen LogP contribution in [0.5, 0.6) is 0 Å². The second-order valence-corrected chi connectivity index (χ2v) is 7.45. The second kappa shape index (κ2) is 11.3. The Morgan fingerprint density at radius 2 is 1.86 bits per heavy atom. The van der Waals surface area contributed by atoms with Crippen LogP contribution >= 0.6 is 11.8 Å². The largest absolute Gasteiger partial charge is 0.455 e. The van der Waals surface area contributed by atoms with E-state index in [0.717, 1.165) is 29.3 Å². The fourth-order valence-corrected chi connectivity index (χ4v) is 3.08. The van der Waals surface area contributed by atoms with Gasteiger partial charge in [-0.1, -0.05) is 41.9 Å². The van der Waals surface area contributed by atoms with Crippen molar-refractivity contribution in [3.8, 4) is 0 Å². The van der Waals surface area contributed by atoms with Crippen molar-refractivity contribution in [2.75, 3.05) is 23.4 Å². The molecule has 9 heteroatoms. The molecule has 0 unspecified atom stereocenters. The second-order valence-electron chi connectivity index (χ2n) is 6.46. The van der Waals surface area contributed by atoms with Gasteiger partial charge < -0.3 is 19.9 Å². The molecule has 1 aromatic heterocycles. The maximum Gasteiger partial charge on any atom is 0.316 e. The van der Waals surface area contributed by atoms with Gasteiger partial charge in [0.1, 0.15) is 5.76 Å². The van der Waals surface area contributed by atoms with Crippen molar-refractivity contribution >= 4 is 35.4 Å². The zero-order chi connectivity index (χ0) is 21.2. The van der Waals surface area contributed by atoms with E-state index in [1.165, 1.54) is 0 Å². The predicted octanol–water partition coefficient (Wildman–Crippen LogP) is 2.77. The first kappa shape index (κ1) is 22.5. The van der Waals surface area contributed by atoms with Gasteiger partial charge in [0, 0.05) is 6.07 Å². The van der Waals surface area contributed by atoms with Crippen LogP contribution in [0.15, 0.2) is 34.9 Å². The Hall–Kier alpha value is -2.81. The number of carbonyl (C=O) groups excluding carboxylic acids is 3. The van der Waals surface area contributed by atoms with E-state index in [9.17, 15) is 14.4 Å². The van der Waals surface area contributed by atoms with Gasteiger partial charge in [-0.3, -0.25) is 14.4 Å². The standard InChI is InChI=1S/C20H25N3O5S/c1-4-16(15-7-5-13(2)6-8-15)21-18(24)10-27-20(26)12-29-11-19(25)22-17-9-14(3)28-23-17/h5-9,16H,4,10-12H2,1-3H3,(H,21,24)(H,22,23,25)/t16-/m0/s1. The van der Waals surface area contributed by atoms with E-state index >= 15 is 0 Å². The molecule has 2 aromatic rings. The van der Waals surface area contributed by atoms with E-state index in [2.05, 4.69) is 15.8 Å². The summed E-state index contributed by atoms with van der Waals surface area (Å²) >= 11 is 1.09. The Morgan fingerprint density at radius 3 is 2.48 bits per heavy atom. The lowest BCUT2D eigenvalue weighted by Crippen LogP contribution is -2.32. The molecule has 29 heavy (non-hydrogen) atoms. The minimum atomic E-state index is -0.557. The smallest absolute Gasteiger partial charge is 0.316 e. The molecule has 156 valence electrons. The van der Waals surface area contributed by atoms with E-state index in [1.54, 1.807) is 13.0 Å². The summed E-state index contributed by atoms with van der Waals surface area (Å²) in [4.78, 5) is 35.6. The van der Waals surface area contributed by atoms with Gasteiger partial charge in [-0.2, -0.15) is 0 Å². The van der Waals surface area contributed by atoms with E-state index in [4.69, 9.17) is 9.26 Å². The van der Waals surface area contributed by atoms with Crippen LogP contribution in [0.3, 0.4) is 0 Å². The minimum Gasteiger partial charge on any atom is -0.455 e. The number of aromatic nitrogens is 1. The Balaban J connectivity index is 1.65. The van der Waals surface area contributed by atoms with Crippen molar-refractivity contribution in [1.82, 2.24) is 10.5 Å². The first-order valence-electron chi connectivity index (χ1n) is 9.19. The highest BCUT2D eigenvalue weighted by atomic mass is 32.2. The monoisotopic (exact) mass is 419 g/mol. The molecule has 2 amide bonds. The van der Waals surface area contributed by atoms with Gasteiger partial charge >= 0.3 is 5.97 Å². The molecule has 2 rings (SSSR count). The number of carbonyl (C=O) groups is 3. The van der Waals surface area contributed by atoms with E-state index in [-0.39, 0.29) is 36.0 Å². The van der Waals surface area contributed by atoms with E-state index < -0.39 is 5.97 Å². The van der Waals surface area contributed by atoms with Crippen LogP contribution in [0.25, 0.3) is 0 Å². The molecule has 8 nitrogen and oxygen atoms in total. The highest BCUT2D eigenvalue weighted by molar-refractivity contribution is 8.00. The average Bonchev–Trinajstić information content (AvgIpc) is 3.09. The third kappa shape index (κ3) is 7.98. The Kier molecular flexibility index (Phi) is 8.72. The molecule has 0 aliphatic heterocycles. The number of rotatable bonds is 10. The topological polar surface area (TPSA) is 111 Å². The van der Waals surface area contributed by atoms with Gasteiger partial charge in [-0.25, -0.2) is 0 Å². The summed E-state index contributed by atoms with van der Waals surface area (Å²) in [5.41, 5.74) is 2.15. The number of hydrogen-bond acceptors (Lipinski definition) is 7. The lowest BCUT2D eigenvalue weighted by Gasteiger charge is -2.17. The molecule has 0 saturated heterocycles. The van der Waals surface area contributed by atoms with Gasteiger partial charge in [0.2, 0.25) is 5.91 Å². The van der Waals surface area contributed by atoms with Crippen molar-refractivity contribution in [3.63, 3.8) is 0 Å². The van der Waals surface area contributed by atoms with Crippen molar-refractivity contribution in [1.29, 1.82) is 0 Å². The maximum atomic E-state index is 12.1. The Morgan fingerprint density at radius 1 is 1.14 bits per heavy atom. The highest BCUT2D eigenvalue weighted by Crippen LogP contribution is 2.17. The number of amides is 2. The highest BCUT2D eigenvalue weighted by Gasteiger charge is 2.15. The van der Waals surface area contributed by atoms with Crippen LogP contribution in [-0.2, 0) is 19.1 Å². The summed E-state index contributed by atoms with van der Waals surface area (Å²) in [6.07, 6.45) is 0.721. The molecule has 0 spiro atoms. The molecular formula is C20H25N3O5S. The zero-order valence-electron chi connectivity index (χ0n) is 16.7. The average molecular weight is 420 g/mol. The van der Waals surface area contributed by atoms with E-state index in [0.29, 0.717) is 11.6 Å². The van der Waals surface area contributed by atoms with Crippen molar-refractivity contribution < 1.29 is 23.6 Å². The molecule has 1 aromatic carbocycles. The Bertz CT molecular complexity index is 835. The Labute approximate surface area is 173 Å². The number of nitrogens with one attached hydrogen (secondary N) is 2. The van der Waals surface area contributed by atoms with Gasteiger partial charge in [0.25, 0.3) is 5.91 Å². The molecule has 0 radical (unpaired) electrons. The molecule has 0 aliphatic carbocycles. The lowest BCUT2D eigenvalue weighted by atomic mass is 10.0. The molecule has 2 N–H and O–H groups in total. The molecule has 0 fully saturated rings. The van der Waals surface area contributed by atoms with Crippen molar-refractivity contribution in [2.45, 2.75) is 33.2 Å². The summed E-state index contributed by atoms with van der Waals surface area (Å²) in [6.45, 7) is 5.33. The predicted molar refractivity (Wildman–Crippen MR) is 111 cm³/mol. The van der Waals surface area contributed by atoms with Gasteiger partial charge in [0.05, 0.1) is 17.5 Å². The van der Waals surface area contributed by atoms with Crippen molar-refractivity contribution in [3.05, 3.63) is 47.2 Å². The number of benzene rings is 1. The number of aryl methyl sites for hydroxylation is 2. The fraction of sp³-hybridized carbons (Fsp3) is 0.400. The first-order chi connectivity index (χ1) is 13.9. The van der Waals surface area contributed by atoms with E-state index in [1.807, 2.05) is 38.1 Å². The number of hydrogen-bond donors (Lipinski definition) is 2. The number of anilines is 1. The van der Waals surface area contributed by atoms with Crippen LogP contribution in [0.4, 0.5) is 5.82 Å². The molecule has 0 saturated carbocycles. The van der Waals surface area contributed by atoms with Crippen LogP contribution in [0, 0.1) is 13.8 Å². The summed E-state index contributed by atoms with van der Waals surface area (Å²) < 4.78 is 9.82. The summed E-state index contributed by atoms with van der Waals surface area (Å²) in [5.74, 6) is -0.299. The number of thioether (sulfide) groups is 1. The lowest BCUT2D eigenvalue weighted by molar-refractivity contribution is -0.146. The molecule has 1 heterocycles. The SMILES string of the molecule is CC[C@H](NC(=O)COC(=O)CSCC(=O)Nc1cc(C)on1)c1ccc(C)cc1. The molecule has 1 atom stereocenters. The third-order valence-electron chi connectivity index (χ3n) is 3.94. The minimum absolute atomic E-state index is 0.0340. The maximum absolute atomic E-state index is 12.1. The quantitative estimate of drug-likeness (QED) is 0.570. The summed E-state index contributed by atoms with van der Waals surface area (Å²) in [5, 5.41) is 9.06. The van der Waals surface area contributed by atoms with Crippen LogP contribution in [0.1, 0.15) is 36.3 Å². The zero-order valence-corrected chi connectivity index (χ0v) is 17.5. The summed E-state index contributed by atoms with van der Waals surface area (Å²) in [6, 6.07) is 9.37.